The molecule has 24 heavy (non-hydrogen) atoms. The summed E-state index contributed by atoms with van der Waals surface area (Å²) >= 11 is 0. The Morgan fingerprint density at radius 2 is 1.67 bits per heavy atom. The van der Waals surface area contributed by atoms with Gasteiger partial charge in [0.1, 0.15) is 0 Å². The molecule has 0 fully saturated rings. The molecule has 3 nitrogen and oxygen atoms in total. The summed E-state index contributed by atoms with van der Waals surface area (Å²) in [4.78, 5) is 11.1. The van der Waals surface area contributed by atoms with Crippen molar-refractivity contribution in [2.75, 3.05) is 0 Å². The highest BCUT2D eigenvalue weighted by Crippen LogP contribution is 2.30. The Morgan fingerprint density at radius 1 is 1.04 bits per heavy atom. The zero-order valence-electron chi connectivity index (χ0n) is 13.0. The average Bonchev–Trinajstić information content (AvgIpc) is 2.55. The predicted molar refractivity (Wildman–Crippen MR) is 86.6 cm³/mol. The summed E-state index contributed by atoms with van der Waals surface area (Å²) in [6.45, 7) is 1.34. The fraction of sp³-hybridized carbons (Fsp3) is 0.167. The van der Waals surface area contributed by atoms with Crippen molar-refractivity contribution in [2.24, 2.45) is 0 Å². The van der Waals surface area contributed by atoms with E-state index in [9.17, 15) is 18.0 Å². The Labute approximate surface area is 138 Å². The van der Waals surface area contributed by atoms with Crippen LogP contribution in [-0.2, 0) is 11.0 Å². The highest BCUT2D eigenvalue weighted by atomic mass is 19.4. The van der Waals surface area contributed by atoms with Crippen LogP contribution in [0, 0.1) is 0 Å². The van der Waals surface area contributed by atoms with E-state index in [-0.39, 0.29) is 5.91 Å². The molecule has 2 aromatic rings. The van der Waals surface area contributed by atoms with E-state index in [0.717, 1.165) is 17.7 Å². The molecule has 0 aromatic heterocycles. The van der Waals surface area contributed by atoms with Crippen molar-refractivity contribution in [1.29, 1.82) is 0 Å². The van der Waals surface area contributed by atoms with Crippen molar-refractivity contribution in [2.45, 2.75) is 19.1 Å². The molecule has 2 aromatic carbocycles. The Hall–Kier alpha value is -2.60. The van der Waals surface area contributed by atoms with Crippen LogP contribution in [0.2, 0.25) is 0 Å². The number of carbonyl (C=O) groups excluding carboxylic acids is 1. The van der Waals surface area contributed by atoms with E-state index < -0.39 is 17.8 Å². The number of carbonyl (C=O) groups is 1. The fourth-order valence-corrected chi connectivity index (χ4v) is 2.07. The second-order valence-electron chi connectivity index (χ2n) is 5.19. The lowest BCUT2D eigenvalue weighted by molar-refractivity contribution is -0.137. The van der Waals surface area contributed by atoms with Gasteiger partial charge in [0.2, 0.25) is 5.91 Å². The number of alkyl halides is 3. The van der Waals surface area contributed by atoms with Gasteiger partial charge in [-0.1, -0.05) is 54.6 Å². The number of hydrogen-bond donors (Lipinski definition) is 2. The molecule has 0 aliphatic heterocycles. The van der Waals surface area contributed by atoms with Gasteiger partial charge in [0.15, 0.2) is 0 Å². The van der Waals surface area contributed by atoms with Crippen LogP contribution in [0.5, 0.6) is 0 Å². The van der Waals surface area contributed by atoms with E-state index in [1.807, 2.05) is 36.4 Å². The van der Waals surface area contributed by atoms with E-state index in [2.05, 4.69) is 10.9 Å². The lowest BCUT2D eigenvalue weighted by atomic mass is 10.0. The summed E-state index contributed by atoms with van der Waals surface area (Å²) in [5.41, 5.74) is 6.09. The zero-order chi connectivity index (χ0) is 17.6. The van der Waals surface area contributed by atoms with E-state index in [1.165, 1.54) is 19.1 Å². The molecular weight excluding hydrogens is 317 g/mol. The van der Waals surface area contributed by atoms with Crippen LogP contribution in [0.3, 0.4) is 0 Å². The Balaban J connectivity index is 2.22. The third-order valence-corrected chi connectivity index (χ3v) is 3.28. The van der Waals surface area contributed by atoms with Gasteiger partial charge in [0, 0.05) is 6.92 Å². The monoisotopic (exact) mass is 334 g/mol. The van der Waals surface area contributed by atoms with Gasteiger partial charge < -0.3 is 0 Å². The molecule has 0 radical (unpaired) electrons. The smallest absolute Gasteiger partial charge is 0.291 e. The van der Waals surface area contributed by atoms with Gasteiger partial charge in [-0.05, 0) is 23.3 Å². The van der Waals surface area contributed by atoms with Crippen molar-refractivity contribution >= 4 is 12.0 Å². The highest BCUT2D eigenvalue weighted by Gasteiger charge is 2.30. The number of amides is 1. The Morgan fingerprint density at radius 3 is 2.21 bits per heavy atom. The molecule has 0 aliphatic rings. The van der Waals surface area contributed by atoms with Gasteiger partial charge in [0.05, 0.1) is 11.6 Å². The van der Waals surface area contributed by atoms with Gasteiger partial charge >= 0.3 is 6.18 Å². The first-order valence-corrected chi connectivity index (χ1v) is 7.29. The molecule has 126 valence electrons. The molecule has 1 amide bonds. The lowest BCUT2D eigenvalue weighted by Gasteiger charge is -2.17. The first-order valence-electron chi connectivity index (χ1n) is 7.29. The van der Waals surface area contributed by atoms with Crippen molar-refractivity contribution in [1.82, 2.24) is 10.9 Å². The van der Waals surface area contributed by atoms with Gasteiger partial charge in [-0.2, -0.15) is 13.2 Å². The lowest BCUT2D eigenvalue weighted by Crippen LogP contribution is -2.37. The Kier molecular flexibility index (Phi) is 5.76. The van der Waals surface area contributed by atoms with Crippen molar-refractivity contribution in [3.63, 3.8) is 0 Å². The minimum Gasteiger partial charge on any atom is -0.291 e. The van der Waals surface area contributed by atoms with E-state index in [1.54, 1.807) is 6.08 Å². The number of benzene rings is 2. The first kappa shape index (κ1) is 17.7. The largest absolute Gasteiger partial charge is 0.416 e. The minimum atomic E-state index is -4.38. The summed E-state index contributed by atoms with van der Waals surface area (Å²) in [5.74, 6) is -0.292. The van der Waals surface area contributed by atoms with Crippen LogP contribution in [-0.4, -0.2) is 5.91 Å². The van der Waals surface area contributed by atoms with Gasteiger partial charge in [-0.25, -0.2) is 5.43 Å². The second-order valence-corrected chi connectivity index (χ2v) is 5.19. The highest BCUT2D eigenvalue weighted by molar-refractivity contribution is 5.72. The summed E-state index contributed by atoms with van der Waals surface area (Å²) in [5, 5.41) is 0. The molecule has 6 heteroatoms. The van der Waals surface area contributed by atoms with Gasteiger partial charge in [0.25, 0.3) is 0 Å². The molecule has 0 bridgehead atoms. The minimum absolute atomic E-state index is 0.292. The maximum Gasteiger partial charge on any atom is 0.416 e. The molecule has 0 aliphatic carbocycles. The third kappa shape index (κ3) is 5.24. The van der Waals surface area contributed by atoms with Crippen LogP contribution in [0.15, 0.2) is 60.7 Å². The summed E-state index contributed by atoms with van der Waals surface area (Å²) < 4.78 is 38.0. The maximum absolute atomic E-state index is 12.7. The average molecular weight is 334 g/mol. The third-order valence-electron chi connectivity index (χ3n) is 3.28. The molecule has 0 heterocycles. The molecule has 0 unspecified atom stereocenters. The summed E-state index contributed by atoms with van der Waals surface area (Å²) in [6, 6.07) is 13.8. The maximum atomic E-state index is 12.7. The first-order chi connectivity index (χ1) is 11.4. The number of nitrogens with one attached hydrogen (secondary N) is 2. The zero-order valence-corrected chi connectivity index (χ0v) is 13.0. The number of rotatable bonds is 5. The quantitative estimate of drug-likeness (QED) is 0.808. The van der Waals surface area contributed by atoms with Gasteiger partial charge in [-0.15, -0.1) is 0 Å². The number of hydrogen-bond acceptors (Lipinski definition) is 2. The van der Waals surface area contributed by atoms with E-state index in [4.69, 9.17) is 0 Å². The van der Waals surface area contributed by atoms with Crippen LogP contribution in [0.4, 0.5) is 13.2 Å². The Bertz CT molecular complexity index is 694. The van der Waals surface area contributed by atoms with Crippen LogP contribution >= 0.6 is 0 Å². The summed E-state index contributed by atoms with van der Waals surface area (Å²) in [6.07, 6.45) is -0.774. The van der Waals surface area contributed by atoms with Crippen molar-refractivity contribution < 1.29 is 18.0 Å². The standard InChI is InChI=1S/C18H17F3N2O/c1-13(24)22-23-17(12-7-14-5-3-2-4-6-14)15-8-10-16(11-9-15)18(19,20)21/h2-12,17,23H,1H3,(H,22,24)/b12-7+/t17-/m1/s1. The number of halogens is 3. The van der Waals surface area contributed by atoms with Crippen LogP contribution in [0.1, 0.15) is 29.7 Å². The fourth-order valence-electron chi connectivity index (χ4n) is 2.07. The van der Waals surface area contributed by atoms with Crippen molar-refractivity contribution in [3.8, 4) is 0 Å². The second kappa shape index (κ2) is 7.79. The topological polar surface area (TPSA) is 41.1 Å². The molecule has 0 saturated carbocycles. The van der Waals surface area contributed by atoms with E-state index >= 15 is 0 Å². The molecule has 0 spiro atoms. The molecule has 2 N–H and O–H groups in total. The van der Waals surface area contributed by atoms with Crippen LogP contribution < -0.4 is 10.9 Å². The SMILES string of the molecule is CC(=O)NN[C@H](/C=C/c1ccccc1)c1ccc(C(F)(F)F)cc1. The van der Waals surface area contributed by atoms with E-state index in [0.29, 0.717) is 5.56 Å². The molecule has 1 atom stereocenters. The van der Waals surface area contributed by atoms with Crippen molar-refractivity contribution in [3.05, 3.63) is 77.4 Å². The van der Waals surface area contributed by atoms with Gasteiger partial charge in [-0.3, -0.25) is 10.2 Å². The number of hydrazine groups is 1. The molecule has 0 saturated heterocycles. The normalized spacial score (nSPS) is 13.0. The molecular formula is C18H17F3N2O. The predicted octanol–water partition coefficient (Wildman–Crippen LogP) is 4.10. The summed E-state index contributed by atoms with van der Waals surface area (Å²) in [7, 11) is 0. The molecule has 2 rings (SSSR count). The van der Waals surface area contributed by atoms with Crippen LogP contribution in [0.25, 0.3) is 6.08 Å².